The van der Waals surface area contributed by atoms with Gasteiger partial charge in [0.15, 0.2) is 0 Å². The van der Waals surface area contributed by atoms with E-state index in [1.165, 1.54) is 6.21 Å². The molecule has 3 rings (SSSR count). The predicted molar refractivity (Wildman–Crippen MR) is 137 cm³/mol. The number of hydrogen-bond donors (Lipinski definition) is 2. The van der Waals surface area contributed by atoms with Crippen LogP contribution in [0.25, 0.3) is 0 Å². The van der Waals surface area contributed by atoms with E-state index < -0.39 is 0 Å². The maximum absolute atomic E-state index is 12.0. The summed E-state index contributed by atoms with van der Waals surface area (Å²) in [5.41, 5.74) is 6.11. The molecule has 0 saturated carbocycles. The molecule has 0 aliphatic heterocycles. The zero-order valence-electron chi connectivity index (χ0n) is 18.0. The summed E-state index contributed by atoms with van der Waals surface area (Å²) in [5.74, 6) is 0.151. The molecule has 0 spiro atoms. The molecule has 3 aromatic rings. The monoisotopic (exact) mass is 571 g/mol. The Labute approximate surface area is 209 Å². The highest BCUT2D eigenvalue weighted by atomic mass is 79.9. The van der Waals surface area contributed by atoms with E-state index in [2.05, 4.69) is 47.7 Å². The van der Waals surface area contributed by atoms with Gasteiger partial charge in [0.25, 0.3) is 0 Å². The molecule has 0 fully saturated rings. The summed E-state index contributed by atoms with van der Waals surface area (Å²) in [7, 11) is 0. The van der Waals surface area contributed by atoms with Crippen LogP contribution in [0, 0.1) is 6.92 Å². The zero-order chi connectivity index (χ0) is 23.6. The largest absolute Gasteiger partial charge is 0.488 e. The lowest BCUT2D eigenvalue weighted by Gasteiger charge is -2.09. The Balaban J connectivity index is 1.42. The van der Waals surface area contributed by atoms with Crippen LogP contribution >= 0.6 is 31.9 Å². The van der Waals surface area contributed by atoms with E-state index in [0.29, 0.717) is 18.0 Å². The number of nitrogens with one attached hydrogen (secondary N) is 2. The van der Waals surface area contributed by atoms with Crippen LogP contribution in [-0.4, -0.2) is 18.0 Å². The predicted octanol–water partition coefficient (Wildman–Crippen LogP) is 5.97. The highest BCUT2D eigenvalue weighted by molar-refractivity contribution is 9.10. The van der Waals surface area contributed by atoms with Gasteiger partial charge in [-0.05, 0) is 76.4 Å². The maximum atomic E-state index is 12.0. The van der Waals surface area contributed by atoms with Crippen LogP contribution in [0.3, 0.4) is 0 Å². The Morgan fingerprint density at radius 2 is 1.64 bits per heavy atom. The summed E-state index contributed by atoms with van der Waals surface area (Å²) in [5, 5.41) is 6.73. The van der Waals surface area contributed by atoms with Gasteiger partial charge in [0, 0.05) is 23.0 Å². The number of hydrazone groups is 1. The normalized spacial score (nSPS) is 10.8. The quantitative estimate of drug-likeness (QED) is 0.245. The molecule has 3 aromatic carbocycles. The topological polar surface area (TPSA) is 79.8 Å². The van der Waals surface area contributed by atoms with E-state index in [1.807, 2.05) is 73.7 Å². The number of ether oxygens (including phenoxy) is 1. The van der Waals surface area contributed by atoms with Crippen LogP contribution in [0.4, 0.5) is 5.69 Å². The smallest absolute Gasteiger partial charge is 0.240 e. The van der Waals surface area contributed by atoms with Gasteiger partial charge in [0.1, 0.15) is 12.4 Å². The summed E-state index contributed by atoms with van der Waals surface area (Å²) in [6, 6.07) is 20.9. The van der Waals surface area contributed by atoms with Gasteiger partial charge in [-0.1, -0.05) is 45.8 Å². The first kappa shape index (κ1) is 24.7. The van der Waals surface area contributed by atoms with E-state index in [1.54, 1.807) is 0 Å². The van der Waals surface area contributed by atoms with Crippen molar-refractivity contribution >= 4 is 55.6 Å². The Bertz CT molecular complexity index is 1130. The molecule has 2 amide bonds. The van der Waals surface area contributed by atoms with Gasteiger partial charge in [-0.3, -0.25) is 9.59 Å². The summed E-state index contributed by atoms with van der Waals surface area (Å²) in [6.45, 7) is 2.43. The van der Waals surface area contributed by atoms with Crippen molar-refractivity contribution in [3.8, 4) is 5.75 Å². The number of nitrogens with zero attached hydrogens (tertiary/aromatic N) is 1. The van der Waals surface area contributed by atoms with Crippen molar-refractivity contribution in [3.05, 3.63) is 92.4 Å². The standard InChI is InChI=1S/C25H23Br2N3O3/c1-17-2-9-21(10-3-17)29-24(31)12-13-25(32)30-28-15-19-6-11-23(22(27)14-19)33-16-18-4-7-20(26)8-5-18/h2-11,14-15H,12-13,16H2,1H3,(H,29,31)(H,30,32). The molecule has 2 N–H and O–H groups in total. The first-order valence-electron chi connectivity index (χ1n) is 10.2. The molecule has 170 valence electrons. The van der Waals surface area contributed by atoms with Gasteiger partial charge < -0.3 is 10.1 Å². The average Bonchev–Trinajstić information content (AvgIpc) is 2.80. The van der Waals surface area contributed by atoms with Gasteiger partial charge in [-0.25, -0.2) is 5.43 Å². The van der Waals surface area contributed by atoms with Crippen LogP contribution in [0.15, 0.2) is 80.8 Å². The molecule has 0 unspecified atom stereocenters. The molecule has 0 aliphatic rings. The number of rotatable bonds is 9. The number of benzene rings is 3. The average molecular weight is 573 g/mol. The van der Waals surface area contributed by atoms with Crippen molar-refractivity contribution in [3.63, 3.8) is 0 Å². The second-order valence-corrected chi connectivity index (χ2v) is 9.08. The molecular formula is C25H23Br2N3O3. The van der Waals surface area contributed by atoms with Gasteiger partial charge >= 0.3 is 0 Å². The fraction of sp³-hybridized carbons (Fsp3) is 0.160. The first-order chi connectivity index (χ1) is 15.9. The van der Waals surface area contributed by atoms with Crippen LogP contribution in [-0.2, 0) is 16.2 Å². The van der Waals surface area contributed by atoms with E-state index in [-0.39, 0.29) is 24.7 Å². The van der Waals surface area contributed by atoms with Crippen molar-refractivity contribution in [2.75, 3.05) is 5.32 Å². The third-order valence-electron chi connectivity index (χ3n) is 4.58. The molecule has 6 nitrogen and oxygen atoms in total. The summed E-state index contributed by atoms with van der Waals surface area (Å²) in [4.78, 5) is 23.9. The summed E-state index contributed by atoms with van der Waals surface area (Å²) < 4.78 is 7.65. The third kappa shape index (κ3) is 8.47. The van der Waals surface area contributed by atoms with Crippen LogP contribution in [0.1, 0.15) is 29.5 Å². The third-order valence-corrected chi connectivity index (χ3v) is 5.73. The van der Waals surface area contributed by atoms with Crippen LogP contribution in [0.2, 0.25) is 0 Å². The molecule has 0 atom stereocenters. The van der Waals surface area contributed by atoms with E-state index >= 15 is 0 Å². The number of carbonyl (C=O) groups is 2. The number of anilines is 1. The SMILES string of the molecule is Cc1ccc(NC(=O)CCC(=O)NN=Cc2ccc(OCc3ccc(Br)cc3)c(Br)c2)cc1. The van der Waals surface area contributed by atoms with Crippen LogP contribution in [0.5, 0.6) is 5.75 Å². The Hall–Kier alpha value is -2.97. The minimum atomic E-state index is -0.334. The minimum Gasteiger partial charge on any atom is -0.488 e. The van der Waals surface area contributed by atoms with Gasteiger partial charge in [0.05, 0.1) is 10.7 Å². The molecule has 0 aliphatic carbocycles. The fourth-order valence-corrected chi connectivity index (χ4v) is 3.55. The number of carbonyl (C=O) groups excluding carboxylic acids is 2. The molecule has 0 radical (unpaired) electrons. The molecular weight excluding hydrogens is 550 g/mol. The van der Waals surface area contributed by atoms with E-state index in [4.69, 9.17) is 4.74 Å². The number of hydrogen-bond acceptors (Lipinski definition) is 4. The second-order valence-electron chi connectivity index (χ2n) is 7.31. The summed E-state index contributed by atoms with van der Waals surface area (Å²) in [6.07, 6.45) is 1.65. The van der Waals surface area contributed by atoms with Crippen molar-refractivity contribution in [1.29, 1.82) is 0 Å². The molecule has 0 aromatic heterocycles. The van der Waals surface area contributed by atoms with Crippen LogP contribution < -0.4 is 15.5 Å². The highest BCUT2D eigenvalue weighted by Crippen LogP contribution is 2.26. The van der Waals surface area contributed by atoms with Crippen molar-refractivity contribution in [2.24, 2.45) is 5.10 Å². The molecule has 0 saturated heterocycles. The second kappa shape index (κ2) is 12.3. The molecule has 8 heteroatoms. The van der Waals surface area contributed by atoms with Gasteiger partial charge in [0.2, 0.25) is 11.8 Å². The summed E-state index contributed by atoms with van der Waals surface area (Å²) >= 11 is 6.91. The van der Waals surface area contributed by atoms with Crippen molar-refractivity contribution in [2.45, 2.75) is 26.4 Å². The maximum Gasteiger partial charge on any atom is 0.240 e. The van der Waals surface area contributed by atoms with E-state index in [0.717, 1.165) is 25.6 Å². The minimum absolute atomic E-state index is 0.0432. The Morgan fingerprint density at radius 3 is 2.33 bits per heavy atom. The number of amides is 2. The van der Waals surface area contributed by atoms with Gasteiger partial charge in [-0.2, -0.15) is 5.10 Å². The zero-order valence-corrected chi connectivity index (χ0v) is 21.1. The highest BCUT2D eigenvalue weighted by Gasteiger charge is 2.07. The molecule has 33 heavy (non-hydrogen) atoms. The lowest BCUT2D eigenvalue weighted by atomic mass is 10.2. The Morgan fingerprint density at radius 1 is 0.939 bits per heavy atom. The Kier molecular flexibility index (Phi) is 9.21. The lowest BCUT2D eigenvalue weighted by molar-refractivity contribution is -0.124. The molecule has 0 heterocycles. The number of halogens is 2. The van der Waals surface area contributed by atoms with Crippen molar-refractivity contribution < 1.29 is 14.3 Å². The first-order valence-corrected chi connectivity index (χ1v) is 11.8. The van der Waals surface area contributed by atoms with Crippen molar-refractivity contribution in [1.82, 2.24) is 5.43 Å². The number of aryl methyl sites for hydroxylation is 1. The lowest BCUT2D eigenvalue weighted by Crippen LogP contribution is -2.20. The molecule has 0 bridgehead atoms. The van der Waals surface area contributed by atoms with E-state index in [9.17, 15) is 9.59 Å². The fourth-order valence-electron chi connectivity index (χ4n) is 2.78. The van der Waals surface area contributed by atoms with Gasteiger partial charge in [-0.15, -0.1) is 0 Å².